The van der Waals surface area contributed by atoms with Gasteiger partial charge in [0, 0.05) is 12.1 Å². The molecule has 20 heavy (non-hydrogen) atoms. The Bertz CT molecular complexity index is 518. The standard InChI is InChI=1S/C16H21N3O/c1-16(2,17)12-19-15-9-8-14(10-18-15)20-11-13-6-4-3-5-7-13/h3-10H,11-12,17H2,1-2H3,(H,18,19). The van der Waals surface area contributed by atoms with Crippen molar-refractivity contribution in [3.05, 3.63) is 54.2 Å². The summed E-state index contributed by atoms with van der Waals surface area (Å²) in [6.45, 7) is 5.16. The summed E-state index contributed by atoms with van der Waals surface area (Å²) < 4.78 is 5.68. The van der Waals surface area contributed by atoms with Crippen molar-refractivity contribution in [1.29, 1.82) is 0 Å². The molecule has 0 unspecified atom stereocenters. The minimum Gasteiger partial charge on any atom is -0.487 e. The van der Waals surface area contributed by atoms with E-state index in [2.05, 4.69) is 10.3 Å². The average Bonchev–Trinajstić information content (AvgIpc) is 2.44. The highest BCUT2D eigenvalue weighted by Gasteiger charge is 2.09. The predicted octanol–water partition coefficient (Wildman–Crippen LogP) is 2.81. The van der Waals surface area contributed by atoms with Gasteiger partial charge in [-0.3, -0.25) is 0 Å². The van der Waals surface area contributed by atoms with Gasteiger partial charge < -0.3 is 15.8 Å². The molecule has 1 heterocycles. The Labute approximate surface area is 120 Å². The van der Waals surface area contributed by atoms with Gasteiger partial charge in [-0.15, -0.1) is 0 Å². The van der Waals surface area contributed by atoms with Gasteiger partial charge in [-0.1, -0.05) is 30.3 Å². The Hall–Kier alpha value is -2.07. The molecule has 3 N–H and O–H groups in total. The summed E-state index contributed by atoms with van der Waals surface area (Å²) >= 11 is 0. The van der Waals surface area contributed by atoms with E-state index in [9.17, 15) is 0 Å². The van der Waals surface area contributed by atoms with Crippen LogP contribution < -0.4 is 15.8 Å². The van der Waals surface area contributed by atoms with Crippen LogP contribution in [0.4, 0.5) is 5.82 Å². The van der Waals surface area contributed by atoms with Crippen LogP contribution in [0.5, 0.6) is 5.75 Å². The lowest BCUT2D eigenvalue weighted by Gasteiger charge is -2.19. The van der Waals surface area contributed by atoms with Crippen molar-refractivity contribution in [2.45, 2.75) is 26.0 Å². The number of anilines is 1. The number of pyridine rings is 1. The maximum Gasteiger partial charge on any atom is 0.138 e. The minimum atomic E-state index is -0.260. The second kappa shape index (κ2) is 6.39. The molecule has 2 aromatic rings. The van der Waals surface area contributed by atoms with Gasteiger partial charge in [-0.25, -0.2) is 4.98 Å². The third-order valence-corrected chi connectivity index (χ3v) is 2.71. The molecule has 1 aromatic carbocycles. The van der Waals surface area contributed by atoms with Gasteiger partial charge in [0.1, 0.15) is 18.2 Å². The molecule has 4 nitrogen and oxygen atoms in total. The number of hydrogen-bond acceptors (Lipinski definition) is 4. The molecule has 4 heteroatoms. The van der Waals surface area contributed by atoms with E-state index in [0.29, 0.717) is 13.2 Å². The van der Waals surface area contributed by atoms with Gasteiger partial charge in [-0.2, -0.15) is 0 Å². The Kier molecular flexibility index (Phi) is 4.58. The third kappa shape index (κ3) is 4.90. The lowest BCUT2D eigenvalue weighted by molar-refractivity contribution is 0.305. The van der Waals surface area contributed by atoms with Crippen LogP contribution in [0.25, 0.3) is 0 Å². The molecule has 0 atom stereocenters. The van der Waals surface area contributed by atoms with E-state index < -0.39 is 0 Å². The van der Waals surface area contributed by atoms with Crippen molar-refractivity contribution < 1.29 is 4.74 Å². The predicted molar refractivity (Wildman–Crippen MR) is 81.8 cm³/mol. The Morgan fingerprint density at radius 1 is 1.15 bits per heavy atom. The quantitative estimate of drug-likeness (QED) is 0.848. The molecule has 0 aliphatic heterocycles. The van der Waals surface area contributed by atoms with E-state index in [0.717, 1.165) is 17.1 Å². The lowest BCUT2D eigenvalue weighted by atomic mass is 10.1. The van der Waals surface area contributed by atoms with Gasteiger partial charge in [0.25, 0.3) is 0 Å². The van der Waals surface area contributed by atoms with Crippen molar-refractivity contribution in [3.8, 4) is 5.75 Å². The van der Waals surface area contributed by atoms with Crippen LogP contribution >= 0.6 is 0 Å². The summed E-state index contributed by atoms with van der Waals surface area (Å²) in [4.78, 5) is 4.30. The molecule has 0 aliphatic rings. The monoisotopic (exact) mass is 271 g/mol. The fourth-order valence-electron chi connectivity index (χ4n) is 1.63. The van der Waals surface area contributed by atoms with Crippen LogP contribution in [0.15, 0.2) is 48.7 Å². The van der Waals surface area contributed by atoms with E-state index in [-0.39, 0.29) is 5.54 Å². The molecule has 1 aromatic heterocycles. The molecule has 0 amide bonds. The van der Waals surface area contributed by atoms with Gasteiger partial charge >= 0.3 is 0 Å². The first-order chi connectivity index (χ1) is 9.53. The molecular weight excluding hydrogens is 250 g/mol. The molecule has 106 valence electrons. The molecule has 2 rings (SSSR count). The summed E-state index contributed by atoms with van der Waals surface area (Å²) in [6, 6.07) is 13.9. The zero-order valence-electron chi connectivity index (χ0n) is 12.0. The number of nitrogens with one attached hydrogen (secondary N) is 1. The highest BCUT2D eigenvalue weighted by Crippen LogP contribution is 2.14. The van der Waals surface area contributed by atoms with Crippen molar-refractivity contribution in [2.24, 2.45) is 5.73 Å². The average molecular weight is 271 g/mol. The highest BCUT2D eigenvalue weighted by molar-refractivity contribution is 5.38. The molecule has 0 saturated heterocycles. The number of rotatable bonds is 6. The first kappa shape index (κ1) is 14.3. The second-order valence-electron chi connectivity index (χ2n) is 5.50. The fourth-order valence-corrected chi connectivity index (χ4v) is 1.63. The van der Waals surface area contributed by atoms with Crippen LogP contribution in [-0.4, -0.2) is 17.1 Å². The number of nitrogens with zero attached hydrogens (tertiary/aromatic N) is 1. The van der Waals surface area contributed by atoms with Gasteiger partial charge in [-0.05, 0) is 31.5 Å². The van der Waals surface area contributed by atoms with Crippen molar-refractivity contribution in [1.82, 2.24) is 4.98 Å². The minimum absolute atomic E-state index is 0.260. The van der Waals surface area contributed by atoms with Gasteiger partial charge in [0.2, 0.25) is 0 Å². The van der Waals surface area contributed by atoms with Gasteiger partial charge in [0.15, 0.2) is 0 Å². The third-order valence-electron chi connectivity index (χ3n) is 2.71. The second-order valence-corrected chi connectivity index (χ2v) is 5.50. The highest BCUT2D eigenvalue weighted by atomic mass is 16.5. The summed E-state index contributed by atoms with van der Waals surface area (Å²) in [7, 11) is 0. The molecule has 0 aliphatic carbocycles. The van der Waals surface area contributed by atoms with E-state index in [1.165, 1.54) is 0 Å². The van der Waals surface area contributed by atoms with Crippen LogP contribution in [-0.2, 0) is 6.61 Å². The van der Waals surface area contributed by atoms with Crippen LogP contribution in [0.2, 0.25) is 0 Å². The number of nitrogens with two attached hydrogens (primary N) is 1. The molecule has 0 spiro atoms. The Morgan fingerprint density at radius 2 is 1.90 bits per heavy atom. The zero-order chi connectivity index (χ0) is 14.4. The van der Waals surface area contributed by atoms with Crippen LogP contribution in [0, 0.1) is 0 Å². The molecule has 0 bridgehead atoms. The number of hydrogen-bond donors (Lipinski definition) is 2. The van der Waals surface area contributed by atoms with E-state index in [1.807, 2.05) is 56.3 Å². The fraction of sp³-hybridized carbons (Fsp3) is 0.312. The number of aromatic nitrogens is 1. The number of benzene rings is 1. The van der Waals surface area contributed by atoms with Crippen LogP contribution in [0.3, 0.4) is 0 Å². The molecule has 0 fully saturated rings. The summed E-state index contributed by atoms with van der Waals surface area (Å²) in [6.07, 6.45) is 1.72. The smallest absolute Gasteiger partial charge is 0.138 e. The maximum atomic E-state index is 5.91. The summed E-state index contributed by atoms with van der Waals surface area (Å²) in [5.74, 6) is 1.56. The maximum absolute atomic E-state index is 5.91. The Balaban J connectivity index is 1.85. The molecular formula is C16H21N3O. The van der Waals surface area contributed by atoms with Crippen molar-refractivity contribution in [3.63, 3.8) is 0 Å². The van der Waals surface area contributed by atoms with Crippen LogP contribution in [0.1, 0.15) is 19.4 Å². The van der Waals surface area contributed by atoms with Gasteiger partial charge in [0.05, 0.1) is 6.20 Å². The first-order valence-corrected chi connectivity index (χ1v) is 6.68. The number of ether oxygens (including phenoxy) is 1. The van der Waals surface area contributed by atoms with E-state index in [4.69, 9.17) is 10.5 Å². The van der Waals surface area contributed by atoms with E-state index >= 15 is 0 Å². The normalized spacial score (nSPS) is 11.2. The largest absolute Gasteiger partial charge is 0.487 e. The first-order valence-electron chi connectivity index (χ1n) is 6.68. The topological polar surface area (TPSA) is 60.2 Å². The lowest BCUT2D eigenvalue weighted by Crippen LogP contribution is -2.39. The van der Waals surface area contributed by atoms with E-state index in [1.54, 1.807) is 6.20 Å². The zero-order valence-corrected chi connectivity index (χ0v) is 12.0. The Morgan fingerprint density at radius 3 is 2.50 bits per heavy atom. The molecule has 0 saturated carbocycles. The van der Waals surface area contributed by atoms with Crippen molar-refractivity contribution in [2.75, 3.05) is 11.9 Å². The SMILES string of the molecule is CC(C)(N)CNc1ccc(OCc2ccccc2)cn1. The molecule has 0 radical (unpaired) electrons. The van der Waals surface area contributed by atoms with Crippen molar-refractivity contribution >= 4 is 5.82 Å². The summed E-state index contributed by atoms with van der Waals surface area (Å²) in [5.41, 5.74) is 6.79. The summed E-state index contributed by atoms with van der Waals surface area (Å²) in [5, 5.41) is 3.19.